The van der Waals surface area contributed by atoms with Crippen LogP contribution in [0.4, 0.5) is 5.69 Å². The maximum absolute atomic E-state index is 5.77. The molecule has 0 atom stereocenters. The Labute approximate surface area is 89.0 Å². The maximum Gasteiger partial charge on any atom is 0.0853 e. The minimum atomic E-state index is 0.450. The molecular formula is C11H13ClN2. The maximum atomic E-state index is 5.77. The molecule has 14 heavy (non-hydrogen) atoms. The summed E-state index contributed by atoms with van der Waals surface area (Å²) < 4.78 is 0. The van der Waals surface area contributed by atoms with Crippen molar-refractivity contribution in [3.63, 3.8) is 0 Å². The second-order valence-corrected chi connectivity index (χ2v) is 4.07. The zero-order valence-corrected chi connectivity index (χ0v) is 8.74. The molecule has 0 aliphatic heterocycles. The van der Waals surface area contributed by atoms with Gasteiger partial charge in [0, 0.05) is 5.02 Å². The zero-order chi connectivity index (χ0) is 9.80. The van der Waals surface area contributed by atoms with Crippen LogP contribution in [0.1, 0.15) is 25.7 Å². The van der Waals surface area contributed by atoms with E-state index in [1.807, 2.05) is 24.3 Å². The highest BCUT2D eigenvalue weighted by Gasteiger charge is 2.13. The molecule has 2 rings (SSSR count). The minimum Gasteiger partial charge on any atom is -0.185 e. The van der Waals surface area contributed by atoms with Gasteiger partial charge in [-0.2, -0.15) is 10.2 Å². The Bertz CT molecular complexity index is 313. The topological polar surface area (TPSA) is 24.7 Å². The van der Waals surface area contributed by atoms with Gasteiger partial charge in [0.05, 0.1) is 11.7 Å². The van der Waals surface area contributed by atoms with Crippen LogP contribution in [0.2, 0.25) is 5.02 Å². The Balaban J connectivity index is 1.99. The first-order valence-electron chi connectivity index (χ1n) is 5.01. The molecule has 1 aromatic carbocycles. The standard InChI is InChI=1S/C11H13ClN2/c12-9-5-7-11(8-6-9)14-13-10-3-1-2-4-10/h5-8,10H,1-4H2. The average molecular weight is 209 g/mol. The SMILES string of the molecule is Clc1ccc(N=NC2CCCC2)cc1. The van der Waals surface area contributed by atoms with Crippen molar-refractivity contribution in [3.8, 4) is 0 Å². The van der Waals surface area contributed by atoms with Crippen LogP contribution in [-0.4, -0.2) is 6.04 Å². The fourth-order valence-corrected chi connectivity index (χ4v) is 1.80. The number of nitrogens with zero attached hydrogens (tertiary/aromatic N) is 2. The van der Waals surface area contributed by atoms with Gasteiger partial charge in [-0.05, 0) is 37.1 Å². The average Bonchev–Trinajstić information content (AvgIpc) is 2.70. The highest BCUT2D eigenvalue weighted by molar-refractivity contribution is 6.30. The van der Waals surface area contributed by atoms with Crippen molar-refractivity contribution < 1.29 is 0 Å². The van der Waals surface area contributed by atoms with E-state index >= 15 is 0 Å². The number of halogens is 1. The predicted molar refractivity (Wildman–Crippen MR) is 58.2 cm³/mol. The molecule has 1 aromatic rings. The summed E-state index contributed by atoms with van der Waals surface area (Å²) in [4.78, 5) is 0. The Morgan fingerprint density at radius 2 is 1.71 bits per heavy atom. The van der Waals surface area contributed by atoms with Crippen LogP contribution >= 0.6 is 11.6 Å². The highest BCUT2D eigenvalue weighted by Crippen LogP contribution is 2.23. The summed E-state index contributed by atoms with van der Waals surface area (Å²) in [6.45, 7) is 0. The summed E-state index contributed by atoms with van der Waals surface area (Å²) in [7, 11) is 0. The molecule has 74 valence electrons. The lowest BCUT2D eigenvalue weighted by Crippen LogP contribution is -1.92. The molecule has 0 N–H and O–H groups in total. The van der Waals surface area contributed by atoms with Crippen LogP contribution in [-0.2, 0) is 0 Å². The third-order valence-corrected chi connectivity index (χ3v) is 2.74. The molecule has 1 saturated carbocycles. The Morgan fingerprint density at radius 1 is 1.07 bits per heavy atom. The van der Waals surface area contributed by atoms with Crippen LogP contribution in [0.3, 0.4) is 0 Å². The zero-order valence-electron chi connectivity index (χ0n) is 7.99. The summed E-state index contributed by atoms with van der Waals surface area (Å²) in [5.74, 6) is 0. The van der Waals surface area contributed by atoms with Crippen molar-refractivity contribution in [1.82, 2.24) is 0 Å². The van der Waals surface area contributed by atoms with Crippen molar-refractivity contribution >= 4 is 17.3 Å². The van der Waals surface area contributed by atoms with E-state index in [1.165, 1.54) is 25.7 Å². The third-order valence-electron chi connectivity index (χ3n) is 2.49. The molecule has 0 spiro atoms. The molecule has 1 fully saturated rings. The quantitative estimate of drug-likeness (QED) is 0.645. The largest absolute Gasteiger partial charge is 0.185 e. The van der Waals surface area contributed by atoms with E-state index in [0.717, 1.165) is 10.7 Å². The van der Waals surface area contributed by atoms with Crippen LogP contribution in [0.15, 0.2) is 34.5 Å². The lowest BCUT2D eigenvalue weighted by Gasteiger charge is -1.98. The molecular weight excluding hydrogens is 196 g/mol. The molecule has 3 heteroatoms. The highest BCUT2D eigenvalue weighted by atomic mass is 35.5. The second kappa shape index (κ2) is 4.56. The molecule has 2 nitrogen and oxygen atoms in total. The monoisotopic (exact) mass is 208 g/mol. The summed E-state index contributed by atoms with van der Waals surface area (Å²) in [5.41, 5.74) is 0.890. The first-order chi connectivity index (χ1) is 6.84. The van der Waals surface area contributed by atoms with Gasteiger partial charge in [0.25, 0.3) is 0 Å². The number of azo groups is 1. The van der Waals surface area contributed by atoms with Crippen LogP contribution in [0.25, 0.3) is 0 Å². The van der Waals surface area contributed by atoms with Crippen molar-refractivity contribution in [2.24, 2.45) is 10.2 Å². The van der Waals surface area contributed by atoms with E-state index < -0.39 is 0 Å². The first kappa shape index (κ1) is 9.66. The second-order valence-electron chi connectivity index (χ2n) is 3.63. The van der Waals surface area contributed by atoms with Gasteiger partial charge in [0.1, 0.15) is 0 Å². The Hall–Kier alpha value is -0.890. The van der Waals surface area contributed by atoms with Gasteiger partial charge in [-0.25, -0.2) is 0 Å². The Morgan fingerprint density at radius 3 is 2.36 bits per heavy atom. The van der Waals surface area contributed by atoms with Crippen LogP contribution < -0.4 is 0 Å². The van der Waals surface area contributed by atoms with Gasteiger partial charge in [-0.1, -0.05) is 24.4 Å². The first-order valence-corrected chi connectivity index (χ1v) is 5.39. The smallest absolute Gasteiger partial charge is 0.0853 e. The van der Waals surface area contributed by atoms with Crippen molar-refractivity contribution in [2.45, 2.75) is 31.7 Å². The van der Waals surface area contributed by atoms with E-state index in [2.05, 4.69) is 10.2 Å². The Kier molecular flexibility index (Phi) is 3.14. The van der Waals surface area contributed by atoms with Crippen molar-refractivity contribution in [2.75, 3.05) is 0 Å². The molecule has 0 amide bonds. The van der Waals surface area contributed by atoms with Crippen molar-refractivity contribution in [3.05, 3.63) is 29.3 Å². The normalized spacial score (nSPS) is 18.1. The van der Waals surface area contributed by atoms with E-state index in [9.17, 15) is 0 Å². The minimum absolute atomic E-state index is 0.450. The van der Waals surface area contributed by atoms with E-state index in [4.69, 9.17) is 11.6 Å². The summed E-state index contributed by atoms with van der Waals surface area (Å²) >= 11 is 5.77. The molecule has 1 aliphatic carbocycles. The molecule has 0 radical (unpaired) electrons. The summed E-state index contributed by atoms with van der Waals surface area (Å²) in [6.07, 6.45) is 4.97. The van der Waals surface area contributed by atoms with Gasteiger partial charge >= 0.3 is 0 Å². The van der Waals surface area contributed by atoms with E-state index in [1.54, 1.807) is 0 Å². The molecule has 0 saturated heterocycles. The number of hydrogen-bond acceptors (Lipinski definition) is 2. The number of hydrogen-bond donors (Lipinski definition) is 0. The number of benzene rings is 1. The van der Waals surface area contributed by atoms with E-state index in [-0.39, 0.29) is 0 Å². The van der Waals surface area contributed by atoms with Gasteiger partial charge in [-0.3, -0.25) is 0 Å². The fourth-order valence-electron chi connectivity index (χ4n) is 1.68. The number of rotatable bonds is 2. The fraction of sp³-hybridized carbons (Fsp3) is 0.455. The van der Waals surface area contributed by atoms with Crippen LogP contribution in [0.5, 0.6) is 0 Å². The van der Waals surface area contributed by atoms with Gasteiger partial charge in [0.15, 0.2) is 0 Å². The van der Waals surface area contributed by atoms with Gasteiger partial charge < -0.3 is 0 Å². The third kappa shape index (κ3) is 2.55. The molecule has 0 heterocycles. The predicted octanol–water partition coefficient (Wildman–Crippen LogP) is 4.37. The van der Waals surface area contributed by atoms with E-state index in [0.29, 0.717) is 6.04 Å². The molecule has 0 aromatic heterocycles. The molecule has 0 unspecified atom stereocenters. The lowest BCUT2D eigenvalue weighted by atomic mass is 10.3. The van der Waals surface area contributed by atoms with Crippen molar-refractivity contribution in [1.29, 1.82) is 0 Å². The molecule has 1 aliphatic rings. The lowest BCUT2D eigenvalue weighted by molar-refractivity contribution is 0.670. The summed E-state index contributed by atoms with van der Waals surface area (Å²) in [6, 6.07) is 7.90. The van der Waals surface area contributed by atoms with Gasteiger partial charge in [-0.15, -0.1) is 0 Å². The molecule has 0 bridgehead atoms. The van der Waals surface area contributed by atoms with Crippen LogP contribution in [0, 0.1) is 0 Å². The summed E-state index contributed by atoms with van der Waals surface area (Å²) in [5, 5.41) is 9.24. The van der Waals surface area contributed by atoms with Gasteiger partial charge in [0.2, 0.25) is 0 Å².